The van der Waals surface area contributed by atoms with Crippen molar-refractivity contribution in [1.29, 1.82) is 0 Å². The number of phenols is 2. The Morgan fingerprint density at radius 3 is 2.44 bits per heavy atom. The lowest BCUT2D eigenvalue weighted by molar-refractivity contribution is 0.0911. The van der Waals surface area contributed by atoms with E-state index < -0.39 is 29.7 Å². The molecule has 1 aromatic carbocycles. The van der Waals surface area contributed by atoms with Gasteiger partial charge in [0, 0.05) is 11.6 Å². The molecule has 0 aromatic heterocycles. The fraction of sp³-hybridized carbons (Fsp3) is 0.167. The summed E-state index contributed by atoms with van der Waals surface area (Å²) in [6, 6.07) is 1.04. The van der Waals surface area contributed by atoms with Gasteiger partial charge in [-0.15, -0.1) is 0 Å². The van der Waals surface area contributed by atoms with Crippen molar-refractivity contribution >= 4 is 11.6 Å². The molecule has 3 N–H and O–H groups in total. The average Bonchev–Trinajstić information content (AvgIpc) is 2.35. The van der Waals surface area contributed by atoms with Gasteiger partial charge in [-0.05, 0) is 6.07 Å². The Balaban J connectivity index is 2.77. The molecule has 0 amide bonds. The Bertz CT molecular complexity index is 585. The van der Waals surface area contributed by atoms with Crippen molar-refractivity contribution in [1.82, 2.24) is 0 Å². The number of carbonyl (C=O) groups is 2. The molecule has 0 bridgehead atoms. The second-order valence-corrected chi connectivity index (χ2v) is 3.72. The van der Waals surface area contributed by atoms with Crippen LogP contribution in [0, 0.1) is 0 Å². The number of aliphatic hydroxyl groups excluding tert-OH is 1. The van der Waals surface area contributed by atoms with Crippen LogP contribution in [0.15, 0.2) is 17.9 Å². The van der Waals surface area contributed by atoms with E-state index in [2.05, 4.69) is 0 Å². The number of hydrogen-bond donors (Lipinski definition) is 3. The number of Topliss-reactive ketones (excluding diaryl/α,β-unsaturated/α-hetero) is 1. The maximum atomic E-state index is 11.9. The van der Waals surface area contributed by atoms with Crippen LogP contribution in [0.2, 0.25) is 0 Å². The van der Waals surface area contributed by atoms with Crippen molar-refractivity contribution < 1.29 is 29.6 Å². The molecule has 0 saturated heterocycles. The van der Waals surface area contributed by atoms with Crippen molar-refractivity contribution in [2.24, 2.45) is 0 Å². The Labute approximate surface area is 102 Å². The highest BCUT2D eigenvalue weighted by Crippen LogP contribution is 2.37. The number of fused-ring (bicyclic) bond motifs is 1. The monoisotopic (exact) mass is 250 g/mol. The molecule has 1 aliphatic rings. The number of ether oxygens (including phenoxy) is 1. The van der Waals surface area contributed by atoms with Crippen LogP contribution in [-0.4, -0.2) is 34.0 Å². The molecular formula is C12H10O6. The molecule has 0 unspecified atom stereocenters. The van der Waals surface area contributed by atoms with Crippen molar-refractivity contribution in [3.63, 3.8) is 0 Å². The van der Waals surface area contributed by atoms with E-state index in [9.17, 15) is 19.8 Å². The van der Waals surface area contributed by atoms with Crippen LogP contribution in [-0.2, 0) is 11.3 Å². The topological polar surface area (TPSA) is 104 Å². The number of ketones is 2. The molecule has 0 spiro atoms. The molecule has 0 fully saturated rings. The molecule has 0 atom stereocenters. The van der Waals surface area contributed by atoms with Gasteiger partial charge in [-0.2, -0.15) is 0 Å². The van der Waals surface area contributed by atoms with Crippen molar-refractivity contribution in [3.8, 4) is 11.5 Å². The number of aromatic hydroxyl groups is 2. The summed E-state index contributed by atoms with van der Waals surface area (Å²) in [5, 5.41) is 28.5. The smallest absolute Gasteiger partial charge is 0.232 e. The molecule has 0 heterocycles. The summed E-state index contributed by atoms with van der Waals surface area (Å²) in [6.07, 6.45) is 0.935. The number of rotatable bonds is 2. The fourth-order valence-electron chi connectivity index (χ4n) is 1.83. The van der Waals surface area contributed by atoms with Gasteiger partial charge < -0.3 is 20.1 Å². The highest BCUT2D eigenvalue weighted by Gasteiger charge is 2.33. The Kier molecular flexibility index (Phi) is 2.80. The zero-order valence-corrected chi connectivity index (χ0v) is 9.43. The third-order valence-electron chi connectivity index (χ3n) is 2.71. The normalized spacial score (nSPS) is 14.2. The van der Waals surface area contributed by atoms with Gasteiger partial charge in [0.15, 0.2) is 11.5 Å². The molecule has 6 nitrogen and oxygen atoms in total. The van der Waals surface area contributed by atoms with Crippen molar-refractivity contribution in [2.75, 3.05) is 7.11 Å². The Morgan fingerprint density at radius 2 is 1.89 bits per heavy atom. The van der Waals surface area contributed by atoms with Crippen LogP contribution in [0.5, 0.6) is 11.5 Å². The van der Waals surface area contributed by atoms with Gasteiger partial charge in [0.25, 0.3) is 0 Å². The molecule has 1 aliphatic carbocycles. The number of hydrogen-bond acceptors (Lipinski definition) is 6. The minimum Gasteiger partial charge on any atom is -0.507 e. The van der Waals surface area contributed by atoms with E-state index in [1.165, 1.54) is 7.11 Å². The number of aliphatic hydroxyl groups is 1. The third kappa shape index (κ3) is 1.54. The predicted molar refractivity (Wildman–Crippen MR) is 59.4 cm³/mol. The first-order chi connectivity index (χ1) is 8.51. The maximum absolute atomic E-state index is 11.9. The molecule has 2 rings (SSSR count). The van der Waals surface area contributed by atoms with Gasteiger partial charge in [0.2, 0.25) is 5.78 Å². The van der Waals surface area contributed by atoms with Gasteiger partial charge in [-0.1, -0.05) is 0 Å². The quantitative estimate of drug-likeness (QED) is 0.660. The number of methoxy groups -OCH3 is 1. The summed E-state index contributed by atoms with van der Waals surface area (Å²) < 4.78 is 4.73. The number of carbonyl (C=O) groups excluding carboxylic acids is 2. The first kappa shape index (κ1) is 12.1. The summed E-state index contributed by atoms with van der Waals surface area (Å²) in [7, 11) is 1.22. The lowest BCUT2D eigenvalue weighted by atomic mass is 9.90. The van der Waals surface area contributed by atoms with E-state index in [-0.39, 0.29) is 22.4 Å². The molecular weight excluding hydrogens is 240 g/mol. The van der Waals surface area contributed by atoms with E-state index >= 15 is 0 Å². The second kappa shape index (κ2) is 4.15. The molecule has 18 heavy (non-hydrogen) atoms. The van der Waals surface area contributed by atoms with Gasteiger partial charge in [0.1, 0.15) is 11.5 Å². The second-order valence-electron chi connectivity index (χ2n) is 3.72. The minimum absolute atomic E-state index is 0.0262. The summed E-state index contributed by atoms with van der Waals surface area (Å²) in [5.41, 5.74) is -0.652. The third-order valence-corrected chi connectivity index (χ3v) is 2.71. The van der Waals surface area contributed by atoms with Crippen LogP contribution in [0.4, 0.5) is 0 Å². The van der Waals surface area contributed by atoms with Gasteiger partial charge >= 0.3 is 0 Å². The highest BCUT2D eigenvalue weighted by atomic mass is 16.5. The summed E-state index contributed by atoms with van der Waals surface area (Å²) in [4.78, 5) is 23.7. The first-order valence-corrected chi connectivity index (χ1v) is 5.04. The average molecular weight is 250 g/mol. The van der Waals surface area contributed by atoms with E-state index in [4.69, 9.17) is 9.84 Å². The largest absolute Gasteiger partial charge is 0.507 e. The van der Waals surface area contributed by atoms with E-state index in [1.807, 2.05) is 0 Å². The number of benzene rings is 1. The SMILES string of the molecule is COC1=CC(=O)c2c(O)c(CO)cc(O)c2C1=O. The van der Waals surface area contributed by atoms with Gasteiger partial charge in [-0.3, -0.25) is 9.59 Å². The minimum atomic E-state index is -0.690. The van der Waals surface area contributed by atoms with Crippen LogP contribution in [0.1, 0.15) is 26.3 Å². The van der Waals surface area contributed by atoms with E-state index in [0.717, 1.165) is 12.1 Å². The summed E-state index contributed by atoms with van der Waals surface area (Å²) in [5.74, 6) is -2.55. The van der Waals surface area contributed by atoms with Crippen LogP contribution in [0.3, 0.4) is 0 Å². The van der Waals surface area contributed by atoms with Crippen molar-refractivity contribution in [2.45, 2.75) is 6.61 Å². The predicted octanol–water partition coefficient (Wildman–Crippen LogP) is 0.499. The maximum Gasteiger partial charge on any atom is 0.232 e. The van der Waals surface area contributed by atoms with Crippen LogP contribution < -0.4 is 0 Å². The zero-order chi connectivity index (χ0) is 13.4. The fourth-order valence-corrected chi connectivity index (χ4v) is 1.83. The first-order valence-electron chi connectivity index (χ1n) is 5.04. The lowest BCUT2D eigenvalue weighted by Crippen LogP contribution is -2.19. The Morgan fingerprint density at radius 1 is 1.22 bits per heavy atom. The Hall–Kier alpha value is -2.34. The van der Waals surface area contributed by atoms with Crippen LogP contribution in [0.25, 0.3) is 0 Å². The van der Waals surface area contributed by atoms with E-state index in [0.29, 0.717) is 0 Å². The number of phenolic OH excluding ortho intramolecular Hbond substituents is 1. The molecule has 1 aromatic rings. The molecule has 0 aliphatic heterocycles. The van der Waals surface area contributed by atoms with Gasteiger partial charge in [0.05, 0.1) is 24.8 Å². The standard InChI is InChI=1S/C12H10O6/c1-18-8-3-7(15)9-10(12(8)17)6(14)2-5(4-13)11(9)16/h2-3,13-14,16H,4H2,1H3. The summed E-state index contributed by atoms with van der Waals surface area (Å²) >= 11 is 0. The summed E-state index contributed by atoms with van der Waals surface area (Å²) in [6.45, 7) is -0.561. The molecule has 94 valence electrons. The molecule has 6 heteroatoms. The lowest BCUT2D eigenvalue weighted by Gasteiger charge is -2.17. The zero-order valence-electron chi connectivity index (χ0n) is 9.43. The van der Waals surface area contributed by atoms with Crippen LogP contribution >= 0.6 is 0 Å². The highest BCUT2D eigenvalue weighted by molar-refractivity contribution is 6.26. The van der Waals surface area contributed by atoms with E-state index in [1.54, 1.807) is 0 Å². The van der Waals surface area contributed by atoms with Crippen molar-refractivity contribution in [3.05, 3.63) is 34.6 Å². The van der Waals surface area contributed by atoms with Gasteiger partial charge in [-0.25, -0.2) is 0 Å². The molecule has 0 saturated carbocycles. The molecule has 0 radical (unpaired) electrons. The number of allylic oxidation sites excluding steroid dienone is 2.